The van der Waals surface area contributed by atoms with E-state index in [1.807, 2.05) is 67.9 Å². The average Bonchev–Trinajstić information content (AvgIpc) is 3.54. The molecule has 1 aliphatic heterocycles. The van der Waals surface area contributed by atoms with Crippen LogP contribution in [0.25, 0.3) is 16.3 Å². The third-order valence-electron chi connectivity index (χ3n) is 5.87. The summed E-state index contributed by atoms with van der Waals surface area (Å²) in [5.41, 5.74) is 4.78. The fourth-order valence-electron chi connectivity index (χ4n) is 4.13. The summed E-state index contributed by atoms with van der Waals surface area (Å²) in [5, 5.41) is 9.38. The Morgan fingerprint density at radius 3 is 2.65 bits per heavy atom. The zero-order valence-corrected chi connectivity index (χ0v) is 20.7. The van der Waals surface area contributed by atoms with Gasteiger partial charge in [0, 0.05) is 10.6 Å². The number of amides is 2. The molecule has 6 nitrogen and oxygen atoms in total. The van der Waals surface area contributed by atoms with Crippen molar-refractivity contribution in [2.24, 2.45) is 0 Å². The molecule has 0 fully saturated rings. The molecule has 1 atom stereocenters. The molecule has 4 aromatic rings. The Labute approximate surface area is 206 Å². The van der Waals surface area contributed by atoms with Crippen molar-refractivity contribution in [3.05, 3.63) is 94.3 Å². The van der Waals surface area contributed by atoms with Crippen LogP contribution < -0.4 is 5.32 Å². The molecular formula is C26H24N4O2S2. The van der Waals surface area contributed by atoms with Crippen molar-refractivity contribution >= 4 is 34.7 Å². The lowest BCUT2D eigenvalue weighted by Crippen LogP contribution is -2.45. The smallest absolute Gasteiger partial charge is 0.322 e. The molecule has 1 N–H and O–H groups in total. The van der Waals surface area contributed by atoms with Gasteiger partial charge in [-0.2, -0.15) is 4.98 Å². The zero-order chi connectivity index (χ0) is 23.7. The van der Waals surface area contributed by atoms with Crippen LogP contribution in [-0.4, -0.2) is 27.3 Å². The molecule has 0 saturated carbocycles. The summed E-state index contributed by atoms with van der Waals surface area (Å²) < 4.78 is 5.75. The summed E-state index contributed by atoms with van der Waals surface area (Å²) in [6.07, 6.45) is 2.04. The van der Waals surface area contributed by atoms with Gasteiger partial charge in [0.05, 0.1) is 23.0 Å². The Kier molecular flexibility index (Phi) is 6.26. The number of nitrogens with zero attached hydrogens (tertiary/aromatic N) is 3. The number of carbonyl (C=O) groups is 1. The molecule has 8 heteroatoms. The molecule has 1 unspecified atom stereocenters. The van der Waals surface area contributed by atoms with Crippen molar-refractivity contribution in [3.63, 3.8) is 0 Å². The molecule has 0 spiro atoms. The number of aryl methyl sites for hydroxylation is 1. The quantitative estimate of drug-likeness (QED) is 0.313. The first kappa shape index (κ1) is 22.4. The Bertz CT molecular complexity index is 1340. The van der Waals surface area contributed by atoms with Gasteiger partial charge in [0.2, 0.25) is 5.82 Å². The molecule has 2 amide bonds. The molecular weight excluding hydrogens is 464 g/mol. The van der Waals surface area contributed by atoms with Gasteiger partial charge in [0.25, 0.3) is 5.89 Å². The van der Waals surface area contributed by atoms with Crippen molar-refractivity contribution < 1.29 is 9.32 Å². The highest BCUT2D eigenvalue weighted by Gasteiger charge is 2.35. The summed E-state index contributed by atoms with van der Waals surface area (Å²) in [5.74, 6) is 0.956. The summed E-state index contributed by atoms with van der Waals surface area (Å²) in [6.45, 7) is 4.45. The second kappa shape index (κ2) is 9.48. The fraction of sp³-hybridized carbons (Fsp3) is 0.192. The highest BCUT2D eigenvalue weighted by molar-refractivity contribution is 7.98. The van der Waals surface area contributed by atoms with Gasteiger partial charge >= 0.3 is 6.03 Å². The van der Waals surface area contributed by atoms with E-state index in [0.717, 1.165) is 37.7 Å². The lowest BCUT2D eigenvalue weighted by atomic mass is 9.94. The number of thiophene rings is 1. The van der Waals surface area contributed by atoms with E-state index in [4.69, 9.17) is 9.51 Å². The normalized spacial score (nSPS) is 16.1. The van der Waals surface area contributed by atoms with E-state index in [0.29, 0.717) is 18.3 Å². The predicted octanol–water partition coefficient (Wildman–Crippen LogP) is 6.53. The number of aromatic nitrogens is 2. The number of benzene rings is 2. The summed E-state index contributed by atoms with van der Waals surface area (Å²) >= 11 is 3.24. The number of rotatable bonds is 6. The van der Waals surface area contributed by atoms with E-state index < -0.39 is 6.04 Å². The van der Waals surface area contributed by atoms with E-state index in [1.54, 1.807) is 28.0 Å². The van der Waals surface area contributed by atoms with Crippen LogP contribution in [0, 0.1) is 6.92 Å². The second-order valence-electron chi connectivity index (χ2n) is 8.13. The van der Waals surface area contributed by atoms with E-state index in [9.17, 15) is 4.79 Å². The van der Waals surface area contributed by atoms with Gasteiger partial charge in [0.15, 0.2) is 0 Å². The number of hydrogen-bond acceptors (Lipinski definition) is 6. The van der Waals surface area contributed by atoms with E-state index in [-0.39, 0.29) is 6.03 Å². The summed E-state index contributed by atoms with van der Waals surface area (Å²) in [4.78, 5) is 21.8. The number of thioether (sulfide) groups is 1. The molecule has 3 heterocycles. The minimum absolute atomic E-state index is 0.153. The van der Waals surface area contributed by atoms with Gasteiger partial charge in [0.1, 0.15) is 0 Å². The van der Waals surface area contributed by atoms with Crippen LogP contribution in [0.15, 0.2) is 81.2 Å². The Morgan fingerprint density at radius 2 is 1.94 bits per heavy atom. The van der Waals surface area contributed by atoms with Crippen LogP contribution in [0.4, 0.5) is 4.79 Å². The van der Waals surface area contributed by atoms with Crippen LogP contribution in [0.1, 0.15) is 35.5 Å². The molecule has 5 rings (SSSR count). The topological polar surface area (TPSA) is 71.3 Å². The first-order valence-corrected chi connectivity index (χ1v) is 13.0. The number of hydrogen-bond donors (Lipinski definition) is 1. The lowest BCUT2D eigenvalue weighted by Gasteiger charge is -2.35. The Morgan fingerprint density at radius 1 is 1.12 bits per heavy atom. The molecule has 2 aromatic carbocycles. The van der Waals surface area contributed by atoms with Crippen molar-refractivity contribution in [1.29, 1.82) is 0 Å². The maximum absolute atomic E-state index is 13.3. The van der Waals surface area contributed by atoms with Gasteiger partial charge in [-0.15, -0.1) is 23.1 Å². The van der Waals surface area contributed by atoms with Crippen LogP contribution >= 0.6 is 23.1 Å². The highest BCUT2D eigenvalue weighted by Crippen LogP contribution is 2.38. The van der Waals surface area contributed by atoms with Crippen molar-refractivity contribution in [2.45, 2.75) is 31.3 Å². The molecule has 34 heavy (non-hydrogen) atoms. The average molecular weight is 489 g/mol. The predicted molar refractivity (Wildman–Crippen MR) is 136 cm³/mol. The maximum atomic E-state index is 13.3. The molecule has 0 bridgehead atoms. The molecule has 0 saturated heterocycles. The largest absolute Gasteiger partial charge is 0.334 e. The van der Waals surface area contributed by atoms with Gasteiger partial charge in [-0.1, -0.05) is 53.2 Å². The molecule has 172 valence electrons. The standard InChI is InChI=1S/C26H24N4O2S2/c1-16-6-4-7-18(14-16)15-30-17(2)22(25-28-24(29-32-25)21-8-5-13-34-21)23(27-26(30)31)19-9-11-20(33-3)12-10-19/h4-14,23H,15H2,1-3H3,(H,27,31). The SMILES string of the molecule is CSc1ccc(C2NC(=O)N(Cc3cccc(C)c3)C(C)=C2c2nc(-c3cccs3)no2)cc1. The zero-order valence-electron chi connectivity index (χ0n) is 19.1. The van der Waals surface area contributed by atoms with Crippen LogP contribution in [0.2, 0.25) is 0 Å². The number of carbonyl (C=O) groups excluding carboxylic acids is 1. The second-order valence-corrected chi connectivity index (χ2v) is 9.96. The fourth-order valence-corrected chi connectivity index (χ4v) is 5.18. The summed E-state index contributed by atoms with van der Waals surface area (Å²) in [6, 6.07) is 19.7. The minimum Gasteiger partial charge on any atom is -0.334 e. The van der Waals surface area contributed by atoms with E-state index in [1.165, 1.54) is 0 Å². The maximum Gasteiger partial charge on any atom is 0.322 e. The summed E-state index contributed by atoms with van der Waals surface area (Å²) in [7, 11) is 0. The van der Waals surface area contributed by atoms with E-state index in [2.05, 4.69) is 28.7 Å². The molecule has 1 aliphatic rings. The molecule has 2 aromatic heterocycles. The number of nitrogens with one attached hydrogen (secondary N) is 1. The van der Waals surface area contributed by atoms with Crippen LogP contribution in [-0.2, 0) is 6.54 Å². The minimum atomic E-state index is -0.395. The third-order valence-corrected chi connectivity index (χ3v) is 7.48. The first-order chi connectivity index (χ1) is 16.5. The van der Waals surface area contributed by atoms with E-state index >= 15 is 0 Å². The number of urea groups is 1. The third kappa shape index (κ3) is 4.38. The van der Waals surface area contributed by atoms with Gasteiger partial charge in [-0.25, -0.2) is 4.79 Å². The molecule has 0 radical (unpaired) electrons. The van der Waals surface area contributed by atoms with Crippen molar-refractivity contribution in [3.8, 4) is 10.7 Å². The monoisotopic (exact) mass is 488 g/mol. The highest BCUT2D eigenvalue weighted by atomic mass is 32.2. The lowest BCUT2D eigenvalue weighted by molar-refractivity contribution is 0.203. The van der Waals surface area contributed by atoms with Crippen LogP contribution in [0.5, 0.6) is 0 Å². The van der Waals surface area contributed by atoms with Crippen molar-refractivity contribution in [2.75, 3.05) is 6.26 Å². The van der Waals surface area contributed by atoms with Gasteiger partial charge in [-0.05, 0) is 54.8 Å². The van der Waals surface area contributed by atoms with Crippen LogP contribution in [0.3, 0.4) is 0 Å². The van der Waals surface area contributed by atoms with Gasteiger partial charge < -0.3 is 9.84 Å². The Hall–Kier alpha value is -3.36. The Balaban J connectivity index is 1.59. The number of allylic oxidation sites excluding steroid dienone is 1. The van der Waals surface area contributed by atoms with Crippen molar-refractivity contribution in [1.82, 2.24) is 20.4 Å². The molecule has 0 aliphatic carbocycles. The first-order valence-electron chi connectivity index (χ1n) is 10.9. The van der Waals surface area contributed by atoms with Gasteiger partial charge in [-0.3, -0.25) is 4.90 Å².